The van der Waals surface area contributed by atoms with Crippen molar-refractivity contribution in [2.45, 2.75) is 63.4 Å². The lowest BCUT2D eigenvalue weighted by Gasteiger charge is -2.33. The molecule has 5 nitrogen and oxygen atoms in total. The molecule has 2 aromatic rings. The predicted molar refractivity (Wildman–Crippen MR) is 106 cm³/mol. The molecule has 3 aliphatic rings. The van der Waals surface area contributed by atoms with E-state index in [2.05, 4.69) is 23.2 Å². The van der Waals surface area contributed by atoms with Gasteiger partial charge in [0.25, 0.3) is 0 Å². The molecule has 2 fully saturated rings. The van der Waals surface area contributed by atoms with Crippen molar-refractivity contribution in [3.8, 4) is 5.75 Å². The van der Waals surface area contributed by atoms with Gasteiger partial charge in [-0.15, -0.1) is 11.3 Å². The van der Waals surface area contributed by atoms with Gasteiger partial charge in [-0.1, -0.05) is 6.07 Å². The third-order valence-electron chi connectivity index (χ3n) is 6.62. The molecule has 2 aliphatic carbocycles. The van der Waals surface area contributed by atoms with Gasteiger partial charge in [-0.3, -0.25) is 0 Å². The molecule has 0 radical (unpaired) electrons. The van der Waals surface area contributed by atoms with Crippen LogP contribution in [0, 0.1) is 11.8 Å². The first-order chi connectivity index (χ1) is 13.7. The molecule has 28 heavy (non-hydrogen) atoms. The number of rotatable bonds is 5. The summed E-state index contributed by atoms with van der Waals surface area (Å²) < 4.78 is 12.4. The molecule has 5 rings (SSSR count). The number of aliphatic hydroxyl groups excluding tert-OH is 2. The molecular weight excluding hydrogens is 374 g/mol. The SMILES string of the molecule is OCc1csc([C@H]2CC[C@@H]3[C@@H](COc4ccc5c(c4)CCC5)[C@@H](O)C[C@@H]3O2)n1. The Labute approximate surface area is 169 Å². The predicted octanol–water partition coefficient (Wildman–Crippen LogP) is 3.42. The van der Waals surface area contributed by atoms with Crippen molar-refractivity contribution in [3.05, 3.63) is 45.4 Å². The Morgan fingerprint density at radius 3 is 2.96 bits per heavy atom. The van der Waals surface area contributed by atoms with Crippen molar-refractivity contribution in [3.63, 3.8) is 0 Å². The van der Waals surface area contributed by atoms with Gasteiger partial charge in [0.1, 0.15) is 16.9 Å². The highest BCUT2D eigenvalue weighted by Crippen LogP contribution is 2.46. The molecule has 1 saturated heterocycles. The van der Waals surface area contributed by atoms with E-state index in [4.69, 9.17) is 9.47 Å². The molecule has 0 unspecified atom stereocenters. The monoisotopic (exact) mass is 401 g/mol. The van der Waals surface area contributed by atoms with Gasteiger partial charge in [0, 0.05) is 17.7 Å². The van der Waals surface area contributed by atoms with E-state index in [-0.39, 0.29) is 30.8 Å². The molecule has 0 bridgehead atoms. The van der Waals surface area contributed by atoms with E-state index in [0.717, 1.165) is 30.0 Å². The van der Waals surface area contributed by atoms with Crippen LogP contribution in [0.15, 0.2) is 23.6 Å². The van der Waals surface area contributed by atoms with E-state index < -0.39 is 0 Å². The first kappa shape index (κ1) is 18.6. The van der Waals surface area contributed by atoms with E-state index in [1.807, 2.05) is 5.38 Å². The molecule has 1 aromatic heterocycles. The fraction of sp³-hybridized carbons (Fsp3) is 0.591. The minimum absolute atomic E-state index is 0.0184. The Hall–Kier alpha value is -1.47. The Bertz CT molecular complexity index is 838. The van der Waals surface area contributed by atoms with E-state index >= 15 is 0 Å². The van der Waals surface area contributed by atoms with Gasteiger partial charge in [0.15, 0.2) is 0 Å². The summed E-state index contributed by atoms with van der Waals surface area (Å²) in [4.78, 5) is 4.47. The van der Waals surface area contributed by atoms with Gasteiger partial charge in [-0.25, -0.2) is 4.98 Å². The Balaban J connectivity index is 1.22. The van der Waals surface area contributed by atoms with Crippen molar-refractivity contribution in [1.82, 2.24) is 4.98 Å². The molecule has 1 aromatic carbocycles. The Morgan fingerprint density at radius 2 is 2.11 bits per heavy atom. The van der Waals surface area contributed by atoms with Crippen LogP contribution in [0.2, 0.25) is 0 Å². The molecule has 0 amide bonds. The second kappa shape index (κ2) is 7.75. The highest BCUT2D eigenvalue weighted by atomic mass is 32.1. The largest absolute Gasteiger partial charge is 0.493 e. The fourth-order valence-corrected chi connectivity index (χ4v) is 6.00. The number of aromatic nitrogens is 1. The standard InChI is InChI=1S/C22H27NO4S/c24-10-15-12-28-22(23-15)20-7-6-17-18(19(25)9-21(17)27-20)11-26-16-5-4-13-2-1-3-14(13)8-16/h4-5,8,12,17-21,24-25H,1-3,6-7,9-11H2/t17-,18-,19+,20-,21+/m1/s1. The lowest BCUT2D eigenvalue weighted by molar-refractivity contribution is -0.0812. The number of nitrogens with zero attached hydrogens (tertiary/aromatic N) is 1. The van der Waals surface area contributed by atoms with Gasteiger partial charge in [-0.2, -0.15) is 0 Å². The van der Waals surface area contributed by atoms with E-state index in [0.29, 0.717) is 24.6 Å². The summed E-state index contributed by atoms with van der Waals surface area (Å²) >= 11 is 1.55. The highest BCUT2D eigenvalue weighted by Gasteiger charge is 2.47. The number of thiazole rings is 1. The first-order valence-corrected chi connectivity index (χ1v) is 11.2. The summed E-state index contributed by atoms with van der Waals surface area (Å²) in [5.74, 6) is 1.37. The molecule has 150 valence electrons. The molecule has 1 saturated carbocycles. The molecule has 0 spiro atoms. The number of ether oxygens (including phenoxy) is 2. The maximum absolute atomic E-state index is 10.6. The highest BCUT2D eigenvalue weighted by molar-refractivity contribution is 7.09. The van der Waals surface area contributed by atoms with Crippen molar-refractivity contribution < 1.29 is 19.7 Å². The molecule has 5 atom stereocenters. The van der Waals surface area contributed by atoms with Gasteiger partial charge < -0.3 is 19.7 Å². The zero-order valence-corrected chi connectivity index (χ0v) is 16.7. The molecular formula is C22H27NO4S. The Morgan fingerprint density at radius 1 is 1.21 bits per heavy atom. The van der Waals surface area contributed by atoms with Gasteiger partial charge in [0.2, 0.25) is 0 Å². The number of hydrogen-bond donors (Lipinski definition) is 2. The number of aryl methyl sites for hydroxylation is 2. The molecule has 1 aliphatic heterocycles. The number of aliphatic hydroxyl groups is 2. The first-order valence-electron chi connectivity index (χ1n) is 10.3. The van der Waals surface area contributed by atoms with Gasteiger partial charge in [-0.05, 0) is 61.3 Å². The van der Waals surface area contributed by atoms with Gasteiger partial charge >= 0.3 is 0 Å². The molecule has 6 heteroatoms. The fourth-order valence-electron chi connectivity index (χ4n) is 5.12. The quantitative estimate of drug-likeness (QED) is 0.803. The number of benzene rings is 1. The zero-order chi connectivity index (χ0) is 19.1. The maximum atomic E-state index is 10.6. The van der Waals surface area contributed by atoms with E-state index in [1.165, 1.54) is 24.0 Å². The van der Waals surface area contributed by atoms with Crippen LogP contribution in [-0.2, 0) is 24.2 Å². The second-order valence-corrected chi connectivity index (χ2v) is 9.19. The second-order valence-electron chi connectivity index (χ2n) is 8.30. The average molecular weight is 402 g/mol. The van der Waals surface area contributed by atoms with E-state index in [9.17, 15) is 10.2 Å². The summed E-state index contributed by atoms with van der Waals surface area (Å²) in [6.45, 7) is 0.511. The topological polar surface area (TPSA) is 71.8 Å². The molecule has 2 heterocycles. The van der Waals surface area contributed by atoms with Crippen molar-refractivity contribution >= 4 is 11.3 Å². The lowest BCUT2D eigenvalue weighted by atomic mass is 9.87. The average Bonchev–Trinajstić information content (AvgIpc) is 3.43. The van der Waals surface area contributed by atoms with Crippen LogP contribution in [0.5, 0.6) is 5.75 Å². The summed E-state index contributed by atoms with van der Waals surface area (Å²) in [5.41, 5.74) is 3.57. The smallest absolute Gasteiger partial charge is 0.122 e. The van der Waals surface area contributed by atoms with Crippen molar-refractivity contribution in [2.24, 2.45) is 11.8 Å². The van der Waals surface area contributed by atoms with Crippen LogP contribution < -0.4 is 4.74 Å². The Kier molecular flexibility index (Phi) is 5.13. The summed E-state index contributed by atoms with van der Waals surface area (Å²) in [6.07, 6.45) is 5.80. The van der Waals surface area contributed by atoms with Crippen LogP contribution >= 0.6 is 11.3 Å². The molecule has 2 N–H and O–H groups in total. The third-order valence-corrected chi connectivity index (χ3v) is 7.60. The van der Waals surface area contributed by atoms with Crippen LogP contribution in [0.4, 0.5) is 0 Å². The van der Waals surface area contributed by atoms with Crippen LogP contribution in [0.25, 0.3) is 0 Å². The van der Waals surface area contributed by atoms with Crippen LogP contribution in [0.1, 0.15) is 53.6 Å². The minimum Gasteiger partial charge on any atom is -0.493 e. The van der Waals surface area contributed by atoms with Crippen LogP contribution in [-0.4, -0.2) is 34.0 Å². The lowest BCUT2D eigenvalue weighted by Crippen LogP contribution is -2.33. The summed E-state index contributed by atoms with van der Waals surface area (Å²) in [6, 6.07) is 6.43. The number of hydrogen-bond acceptors (Lipinski definition) is 6. The van der Waals surface area contributed by atoms with Crippen molar-refractivity contribution in [1.29, 1.82) is 0 Å². The summed E-state index contributed by atoms with van der Waals surface area (Å²) in [5, 5.41) is 22.7. The third kappa shape index (κ3) is 3.47. The van der Waals surface area contributed by atoms with Crippen LogP contribution in [0.3, 0.4) is 0 Å². The normalized spacial score (nSPS) is 31.6. The zero-order valence-electron chi connectivity index (χ0n) is 15.9. The minimum atomic E-state index is -0.382. The summed E-state index contributed by atoms with van der Waals surface area (Å²) in [7, 11) is 0. The number of fused-ring (bicyclic) bond motifs is 2. The maximum Gasteiger partial charge on any atom is 0.122 e. The van der Waals surface area contributed by atoms with E-state index in [1.54, 1.807) is 11.3 Å². The van der Waals surface area contributed by atoms with Crippen molar-refractivity contribution in [2.75, 3.05) is 6.61 Å². The van der Waals surface area contributed by atoms with Gasteiger partial charge in [0.05, 0.1) is 31.1 Å².